The molecule has 0 aliphatic heterocycles. The van der Waals surface area contributed by atoms with Crippen molar-refractivity contribution in [3.8, 4) is 11.1 Å². The molecule has 1 aliphatic rings. The van der Waals surface area contributed by atoms with Gasteiger partial charge in [0, 0.05) is 24.4 Å². The normalized spacial score (nSPS) is 13.9. The van der Waals surface area contributed by atoms with E-state index in [4.69, 9.17) is 9.84 Å². The molecular weight excluding hydrogens is 444 g/mol. The fourth-order valence-electron chi connectivity index (χ4n) is 4.78. The molecule has 7 nitrogen and oxygen atoms in total. The Balaban J connectivity index is 1.59. The lowest BCUT2D eigenvalue weighted by Gasteiger charge is -2.21. The van der Waals surface area contributed by atoms with Gasteiger partial charge in [-0.05, 0) is 35.1 Å². The van der Waals surface area contributed by atoms with Crippen LogP contribution in [0.5, 0.6) is 0 Å². The highest BCUT2D eigenvalue weighted by Gasteiger charge is 2.29. The minimum Gasteiger partial charge on any atom is -0.481 e. The van der Waals surface area contributed by atoms with Crippen LogP contribution in [0.25, 0.3) is 11.1 Å². The number of fused-ring (bicyclic) bond motifs is 3. The van der Waals surface area contributed by atoms with Gasteiger partial charge in [0.25, 0.3) is 0 Å². The van der Waals surface area contributed by atoms with Crippen molar-refractivity contribution in [1.82, 2.24) is 10.6 Å². The number of carbonyl (C=O) groups is 3. The number of ether oxygens (including phenoxy) is 1. The fraction of sp³-hybridized carbons (Fsp3) is 0.464. The third-order valence-corrected chi connectivity index (χ3v) is 6.43. The van der Waals surface area contributed by atoms with Crippen LogP contribution >= 0.6 is 0 Å². The average Bonchev–Trinajstić information content (AvgIpc) is 3.14. The number of alkyl carbamates (subject to hydrolysis) is 1. The summed E-state index contributed by atoms with van der Waals surface area (Å²) < 4.78 is 5.64. The summed E-state index contributed by atoms with van der Waals surface area (Å²) in [6.07, 6.45) is 3.23. The number of hydrogen-bond donors (Lipinski definition) is 3. The quantitative estimate of drug-likeness (QED) is 0.364. The Morgan fingerprint density at radius 1 is 0.857 bits per heavy atom. The molecular formula is C28H36N2O5. The van der Waals surface area contributed by atoms with Crippen LogP contribution < -0.4 is 10.6 Å². The highest BCUT2D eigenvalue weighted by Crippen LogP contribution is 2.44. The lowest BCUT2D eigenvalue weighted by Crippen LogP contribution is -2.43. The first-order chi connectivity index (χ1) is 16.9. The van der Waals surface area contributed by atoms with Crippen LogP contribution in [0.3, 0.4) is 0 Å². The minimum absolute atomic E-state index is 0.0311. The summed E-state index contributed by atoms with van der Waals surface area (Å²) in [5.41, 5.74) is 4.61. The third-order valence-electron chi connectivity index (χ3n) is 6.43. The predicted molar refractivity (Wildman–Crippen MR) is 135 cm³/mol. The van der Waals surface area contributed by atoms with Gasteiger partial charge in [0.15, 0.2) is 0 Å². The number of benzene rings is 2. The molecule has 7 heteroatoms. The first-order valence-corrected chi connectivity index (χ1v) is 12.6. The third kappa shape index (κ3) is 7.31. The number of hydrogen-bond acceptors (Lipinski definition) is 4. The molecule has 1 aliphatic carbocycles. The molecule has 3 rings (SSSR count). The second-order valence-corrected chi connectivity index (χ2v) is 9.16. The number of unbranched alkanes of at least 4 members (excludes halogenated alkanes) is 1. The summed E-state index contributed by atoms with van der Waals surface area (Å²) in [5, 5.41) is 14.8. The molecule has 0 unspecified atom stereocenters. The number of carbonyl (C=O) groups excluding carboxylic acids is 2. The maximum atomic E-state index is 12.7. The Morgan fingerprint density at radius 3 is 2.03 bits per heavy atom. The number of aliphatic carboxylic acids is 1. The maximum absolute atomic E-state index is 12.7. The molecule has 0 bridgehead atoms. The number of carboxylic acids is 1. The van der Waals surface area contributed by atoms with Gasteiger partial charge < -0.3 is 20.5 Å². The van der Waals surface area contributed by atoms with Crippen LogP contribution in [0.4, 0.5) is 4.79 Å². The van der Waals surface area contributed by atoms with Crippen molar-refractivity contribution < 1.29 is 24.2 Å². The lowest BCUT2D eigenvalue weighted by molar-refractivity contribution is -0.137. The van der Waals surface area contributed by atoms with Gasteiger partial charge in [-0.25, -0.2) is 4.79 Å². The van der Waals surface area contributed by atoms with E-state index in [0.29, 0.717) is 12.8 Å². The molecule has 0 spiro atoms. The summed E-state index contributed by atoms with van der Waals surface area (Å²) in [5.74, 6) is -1.23. The van der Waals surface area contributed by atoms with Crippen molar-refractivity contribution in [2.24, 2.45) is 0 Å². The smallest absolute Gasteiger partial charge is 0.407 e. The zero-order chi connectivity index (χ0) is 25.2. The first-order valence-electron chi connectivity index (χ1n) is 12.6. The Labute approximate surface area is 207 Å². The van der Waals surface area contributed by atoms with E-state index >= 15 is 0 Å². The molecule has 188 valence electrons. The predicted octanol–water partition coefficient (Wildman–Crippen LogP) is 5.23. The van der Waals surface area contributed by atoms with E-state index in [0.717, 1.165) is 41.5 Å². The van der Waals surface area contributed by atoms with Gasteiger partial charge in [-0.15, -0.1) is 0 Å². The first kappa shape index (κ1) is 26.3. The van der Waals surface area contributed by atoms with E-state index < -0.39 is 18.1 Å². The molecule has 0 fully saturated rings. The molecule has 0 saturated heterocycles. The molecule has 35 heavy (non-hydrogen) atoms. The molecule has 2 aromatic rings. The number of amides is 2. The van der Waals surface area contributed by atoms with Gasteiger partial charge in [0.1, 0.15) is 6.61 Å². The Kier molecular flexibility index (Phi) is 9.70. The fourth-order valence-corrected chi connectivity index (χ4v) is 4.78. The second kappa shape index (κ2) is 12.9. The lowest BCUT2D eigenvalue weighted by atomic mass is 9.98. The monoisotopic (exact) mass is 480 g/mol. The largest absolute Gasteiger partial charge is 0.481 e. The van der Waals surface area contributed by atoms with Crippen LogP contribution in [0.1, 0.15) is 75.8 Å². The van der Waals surface area contributed by atoms with Gasteiger partial charge in [-0.3, -0.25) is 9.59 Å². The van der Waals surface area contributed by atoms with E-state index in [1.165, 1.54) is 0 Å². The Morgan fingerprint density at radius 2 is 1.46 bits per heavy atom. The van der Waals surface area contributed by atoms with E-state index in [1.54, 1.807) is 0 Å². The Hall–Kier alpha value is -3.35. The number of carboxylic acid groups (broad SMARTS) is 1. The van der Waals surface area contributed by atoms with Crippen molar-refractivity contribution in [1.29, 1.82) is 0 Å². The van der Waals surface area contributed by atoms with Crippen LogP contribution in [0, 0.1) is 0 Å². The maximum Gasteiger partial charge on any atom is 0.407 e. The summed E-state index contributed by atoms with van der Waals surface area (Å²) in [6, 6.07) is 15.5. The van der Waals surface area contributed by atoms with Gasteiger partial charge >= 0.3 is 12.1 Å². The van der Waals surface area contributed by atoms with E-state index in [9.17, 15) is 14.4 Å². The number of rotatable bonds is 13. The molecule has 0 heterocycles. The highest BCUT2D eigenvalue weighted by atomic mass is 16.5. The minimum atomic E-state index is -0.942. The average molecular weight is 481 g/mol. The van der Waals surface area contributed by atoms with Crippen molar-refractivity contribution >= 4 is 18.0 Å². The van der Waals surface area contributed by atoms with Gasteiger partial charge in [0.05, 0.1) is 6.42 Å². The van der Waals surface area contributed by atoms with Crippen LogP contribution in [-0.2, 0) is 14.3 Å². The van der Waals surface area contributed by atoms with E-state index in [-0.39, 0.29) is 37.3 Å². The summed E-state index contributed by atoms with van der Waals surface area (Å²) in [4.78, 5) is 36.4. The topological polar surface area (TPSA) is 105 Å². The standard InChI is InChI=1S/C28H36N2O5/c1-3-5-11-20(16-26(31)29-19(10-4-2)17-27(32)33)30-28(34)35-18-25-23-14-8-6-12-21(23)22-13-7-9-15-24(22)25/h6-9,12-15,19-20,25H,3-5,10-11,16-18H2,1-2H3,(H,29,31)(H,30,34)(H,32,33)/t19-,20-/m1/s1. The van der Waals surface area contributed by atoms with Gasteiger partial charge in [-0.1, -0.05) is 81.6 Å². The van der Waals surface area contributed by atoms with Crippen molar-refractivity contribution in [3.05, 3.63) is 59.7 Å². The van der Waals surface area contributed by atoms with Crippen LogP contribution in [-0.4, -0.2) is 41.8 Å². The van der Waals surface area contributed by atoms with E-state index in [1.807, 2.05) is 31.2 Å². The zero-order valence-corrected chi connectivity index (χ0v) is 20.6. The molecule has 2 aromatic carbocycles. The molecule has 0 aromatic heterocycles. The van der Waals surface area contributed by atoms with Crippen LogP contribution in [0.15, 0.2) is 48.5 Å². The van der Waals surface area contributed by atoms with Crippen LogP contribution in [0.2, 0.25) is 0 Å². The summed E-state index contributed by atoms with van der Waals surface area (Å²) in [7, 11) is 0. The molecule has 0 saturated carbocycles. The second-order valence-electron chi connectivity index (χ2n) is 9.16. The van der Waals surface area contributed by atoms with Gasteiger partial charge in [0.2, 0.25) is 5.91 Å². The highest BCUT2D eigenvalue weighted by molar-refractivity contribution is 5.80. The van der Waals surface area contributed by atoms with Crippen molar-refractivity contribution in [3.63, 3.8) is 0 Å². The molecule has 0 radical (unpaired) electrons. The molecule has 3 N–H and O–H groups in total. The van der Waals surface area contributed by atoms with Gasteiger partial charge in [-0.2, -0.15) is 0 Å². The zero-order valence-electron chi connectivity index (χ0n) is 20.6. The molecule has 2 atom stereocenters. The SMILES string of the molecule is CCCC[C@H](CC(=O)N[C@H](CCC)CC(=O)O)NC(=O)OCC1c2ccccc2-c2ccccc21. The summed E-state index contributed by atoms with van der Waals surface area (Å²) in [6.45, 7) is 4.21. The number of nitrogens with one attached hydrogen (secondary N) is 2. The molecule has 2 amide bonds. The van der Waals surface area contributed by atoms with E-state index in [2.05, 4.69) is 41.8 Å². The van der Waals surface area contributed by atoms with Crippen molar-refractivity contribution in [2.45, 2.75) is 76.8 Å². The Bertz CT molecular complexity index is 976. The summed E-state index contributed by atoms with van der Waals surface area (Å²) >= 11 is 0. The van der Waals surface area contributed by atoms with Crippen molar-refractivity contribution in [2.75, 3.05) is 6.61 Å².